The van der Waals surface area contributed by atoms with Gasteiger partial charge < -0.3 is 44.1 Å². The molecule has 1 heterocycles. The molecule has 1 fully saturated rings. The van der Waals surface area contributed by atoms with Gasteiger partial charge in [0.25, 0.3) is 0 Å². The van der Waals surface area contributed by atoms with Gasteiger partial charge in [0.15, 0.2) is 0 Å². The van der Waals surface area contributed by atoms with Crippen LogP contribution in [0.15, 0.2) is 0 Å². The second-order valence-corrected chi connectivity index (χ2v) is 26.0. The van der Waals surface area contributed by atoms with Gasteiger partial charge in [-0.05, 0) is 123 Å². The van der Waals surface area contributed by atoms with E-state index >= 15 is 0 Å². The van der Waals surface area contributed by atoms with E-state index in [2.05, 4.69) is 47.3 Å². The number of carbonyl (C=O) groups is 5. The Morgan fingerprint density at radius 2 is 0.756 bits per heavy atom. The average molecular weight is 1210 g/mol. The molecule has 82 heavy (non-hydrogen) atoms. The lowest BCUT2D eigenvalue weighted by Crippen LogP contribution is -2.47. The highest BCUT2D eigenvalue weighted by atomic mass is 33.1. The van der Waals surface area contributed by atoms with E-state index in [9.17, 15) is 44.4 Å². The van der Waals surface area contributed by atoms with E-state index in [4.69, 9.17) is 23.7 Å². The largest absolute Gasteiger partial charge is 0.465 e. The molecule has 0 bridgehead atoms. The fourth-order valence-corrected chi connectivity index (χ4v) is 11.9. The number of carbonyl (C=O) groups excluding carboxylic acids is 5. The van der Waals surface area contributed by atoms with E-state index in [1.54, 1.807) is 0 Å². The SMILES string of the molecule is CCC(CC)COC(=O)CCCCC(O)CN(CCCCC(=O)OCCN1CCN(CCSSCCCN(CC(O)CCCCC(=O)OC(C)C)CC(O)CCCCC(=O)OC(C)C)CC1)CC(O)CCCCC(=O)OCC(CC)CC. The third-order valence-electron chi connectivity index (χ3n) is 15.1. The van der Waals surface area contributed by atoms with Crippen LogP contribution < -0.4 is 0 Å². The third kappa shape index (κ3) is 45.1. The van der Waals surface area contributed by atoms with Crippen molar-refractivity contribution in [1.29, 1.82) is 0 Å². The summed E-state index contributed by atoms with van der Waals surface area (Å²) in [6.45, 7) is 25.5. The van der Waals surface area contributed by atoms with Crippen molar-refractivity contribution in [2.45, 2.75) is 246 Å². The summed E-state index contributed by atoms with van der Waals surface area (Å²) in [5.41, 5.74) is 0. The van der Waals surface area contributed by atoms with Crippen LogP contribution in [0.1, 0.15) is 209 Å². The zero-order valence-corrected chi connectivity index (χ0v) is 54.2. The number of aliphatic hydroxyl groups is 4. The van der Waals surface area contributed by atoms with E-state index in [0.29, 0.717) is 180 Å². The molecule has 0 aliphatic carbocycles. The molecular weight excluding hydrogens is 1090 g/mol. The van der Waals surface area contributed by atoms with Gasteiger partial charge in [-0.1, -0.05) is 101 Å². The Morgan fingerprint density at radius 1 is 0.427 bits per heavy atom. The average Bonchev–Trinajstić information content (AvgIpc) is 3.43. The number of unbranched alkanes of at least 4 members (excludes halogenated alkanes) is 5. The number of ether oxygens (including phenoxy) is 5. The molecule has 20 heteroatoms. The monoisotopic (exact) mass is 1210 g/mol. The summed E-state index contributed by atoms with van der Waals surface area (Å²) in [6.07, 6.45) is 12.8. The highest BCUT2D eigenvalue weighted by Gasteiger charge is 2.21. The Labute approximate surface area is 504 Å². The normalized spacial score (nSPS) is 15.0. The molecule has 4 atom stereocenters. The van der Waals surface area contributed by atoms with Gasteiger partial charge in [-0.25, -0.2) is 0 Å². The summed E-state index contributed by atoms with van der Waals surface area (Å²) >= 11 is 0. The molecule has 482 valence electrons. The fourth-order valence-electron chi connectivity index (χ4n) is 9.76. The second kappa shape index (κ2) is 50.8. The number of nitrogens with zero attached hydrogens (tertiary/aromatic N) is 4. The van der Waals surface area contributed by atoms with Gasteiger partial charge in [0.05, 0.1) is 49.8 Å². The smallest absolute Gasteiger partial charge is 0.306 e. The fraction of sp³-hybridized carbons (Fsp3) is 0.919. The van der Waals surface area contributed by atoms with Gasteiger partial charge in [0.2, 0.25) is 0 Å². The summed E-state index contributed by atoms with van der Waals surface area (Å²) < 4.78 is 27.0. The van der Waals surface area contributed by atoms with Gasteiger partial charge in [0.1, 0.15) is 6.61 Å². The van der Waals surface area contributed by atoms with E-state index in [-0.39, 0.29) is 42.1 Å². The third-order valence-corrected chi connectivity index (χ3v) is 17.5. The van der Waals surface area contributed by atoms with Crippen molar-refractivity contribution >= 4 is 51.4 Å². The van der Waals surface area contributed by atoms with Gasteiger partial charge in [-0.2, -0.15) is 0 Å². The first-order chi connectivity index (χ1) is 39.3. The molecule has 1 aliphatic heterocycles. The minimum absolute atomic E-state index is 0.139. The Kier molecular flexibility index (Phi) is 48.2. The molecule has 0 aromatic rings. The summed E-state index contributed by atoms with van der Waals surface area (Å²) in [7, 11) is 3.72. The number of aliphatic hydroxyl groups excluding tert-OH is 4. The topological polar surface area (TPSA) is 225 Å². The predicted molar refractivity (Wildman–Crippen MR) is 331 cm³/mol. The Morgan fingerprint density at radius 3 is 1.13 bits per heavy atom. The van der Waals surface area contributed by atoms with Crippen molar-refractivity contribution in [3.8, 4) is 0 Å². The molecule has 0 aromatic carbocycles. The molecule has 1 aliphatic rings. The van der Waals surface area contributed by atoms with Crippen molar-refractivity contribution < 1.29 is 68.1 Å². The Hall–Kier alpha value is -2.27. The Balaban J connectivity index is 2.45. The van der Waals surface area contributed by atoms with E-state index in [1.165, 1.54) is 0 Å². The molecular formula is C62H118N4O14S2. The van der Waals surface area contributed by atoms with Crippen LogP contribution in [0.25, 0.3) is 0 Å². The zero-order chi connectivity index (χ0) is 60.8. The summed E-state index contributed by atoms with van der Waals surface area (Å²) in [5.74, 6) is 1.69. The first-order valence-corrected chi connectivity index (χ1v) is 34.6. The van der Waals surface area contributed by atoms with Crippen LogP contribution in [0.2, 0.25) is 0 Å². The van der Waals surface area contributed by atoms with Crippen LogP contribution in [0.3, 0.4) is 0 Å². The van der Waals surface area contributed by atoms with Crippen molar-refractivity contribution in [3.63, 3.8) is 0 Å². The van der Waals surface area contributed by atoms with Gasteiger partial charge in [0, 0.05) is 109 Å². The lowest BCUT2D eigenvalue weighted by atomic mass is 10.1. The van der Waals surface area contributed by atoms with Gasteiger partial charge in [-0.3, -0.25) is 43.6 Å². The first kappa shape index (κ1) is 77.7. The molecule has 1 saturated heterocycles. The maximum absolute atomic E-state index is 12.8. The van der Waals surface area contributed by atoms with Crippen molar-refractivity contribution in [3.05, 3.63) is 0 Å². The van der Waals surface area contributed by atoms with Crippen LogP contribution in [0.5, 0.6) is 0 Å². The maximum atomic E-state index is 12.8. The minimum atomic E-state index is -0.626. The van der Waals surface area contributed by atoms with Crippen molar-refractivity contribution in [1.82, 2.24) is 19.6 Å². The number of piperazine rings is 1. The van der Waals surface area contributed by atoms with Crippen LogP contribution in [0.4, 0.5) is 0 Å². The van der Waals surface area contributed by atoms with E-state index in [0.717, 1.165) is 95.7 Å². The molecule has 0 spiro atoms. The number of rotatable bonds is 54. The number of hydrogen-bond donors (Lipinski definition) is 4. The van der Waals surface area contributed by atoms with Gasteiger partial charge >= 0.3 is 29.8 Å². The van der Waals surface area contributed by atoms with Crippen LogP contribution in [-0.4, -0.2) is 216 Å². The van der Waals surface area contributed by atoms with Gasteiger partial charge in [-0.15, -0.1) is 0 Å². The molecule has 4 N–H and O–H groups in total. The van der Waals surface area contributed by atoms with Crippen LogP contribution in [-0.2, 0) is 47.7 Å². The lowest BCUT2D eigenvalue weighted by molar-refractivity contribution is -0.148. The maximum Gasteiger partial charge on any atom is 0.306 e. The second-order valence-electron chi connectivity index (χ2n) is 23.3. The number of esters is 5. The summed E-state index contributed by atoms with van der Waals surface area (Å²) in [4.78, 5) is 70.2. The highest BCUT2D eigenvalue weighted by molar-refractivity contribution is 8.76. The zero-order valence-electron chi connectivity index (χ0n) is 52.6. The van der Waals surface area contributed by atoms with Crippen molar-refractivity contribution in [2.24, 2.45) is 11.8 Å². The van der Waals surface area contributed by atoms with E-state index < -0.39 is 24.4 Å². The molecule has 0 radical (unpaired) electrons. The quantitative estimate of drug-likeness (QED) is 0.0193. The molecule has 0 saturated carbocycles. The number of hydrogen-bond acceptors (Lipinski definition) is 20. The predicted octanol–water partition coefficient (Wildman–Crippen LogP) is 9.24. The minimum Gasteiger partial charge on any atom is -0.465 e. The van der Waals surface area contributed by atoms with Crippen molar-refractivity contribution in [2.75, 3.05) is 110 Å². The van der Waals surface area contributed by atoms with Crippen LogP contribution in [0, 0.1) is 11.8 Å². The summed E-state index contributed by atoms with van der Waals surface area (Å²) in [5, 5.41) is 43.8. The lowest BCUT2D eigenvalue weighted by Gasteiger charge is -2.34. The molecule has 0 aromatic heterocycles. The standard InChI is InChI=1S/C62H118N4O14S2/c1-9-52(10-2)48-77-59(72)28-17-13-24-54(67)44-65(45-55(68)25-14-18-29-60(73)78-49-53(11-3)12-4)33-22-21-30-58(71)76-41-39-63-35-37-64(38-36-63)40-43-82-81-42-23-34-66(46-56(69)26-15-19-31-61(74)79-50(5)6)47-57(70)27-16-20-32-62(75)80-51(7)8/h50-57,67-70H,9-49H2,1-8H3. The first-order valence-electron chi connectivity index (χ1n) is 32.1. The molecule has 1 rings (SSSR count). The highest BCUT2D eigenvalue weighted by Crippen LogP contribution is 2.23. The summed E-state index contributed by atoms with van der Waals surface area (Å²) in [6, 6.07) is 0. The molecule has 4 unspecified atom stereocenters. The molecule has 0 amide bonds. The molecule has 18 nitrogen and oxygen atoms in total. The Bertz CT molecular complexity index is 1520. The van der Waals surface area contributed by atoms with Crippen LogP contribution >= 0.6 is 21.6 Å². The van der Waals surface area contributed by atoms with E-state index in [1.807, 2.05) is 49.3 Å².